The van der Waals surface area contributed by atoms with Gasteiger partial charge in [0.1, 0.15) is 5.75 Å². The van der Waals surface area contributed by atoms with Crippen LogP contribution >= 0.6 is 0 Å². The number of carbonyl (C=O) groups is 2. The molecule has 0 aromatic heterocycles. The lowest BCUT2D eigenvalue weighted by molar-refractivity contribution is -0.131. The van der Waals surface area contributed by atoms with E-state index in [4.69, 9.17) is 4.74 Å². The maximum Gasteiger partial charge on any atom is 0.227 e. The molecule has 0 saturated heterocycles. The molecule has 1 heterocycles. The Bertz CT molecular complexity index is 1010. The predicted molar refractivity (Wildman–Crippen MR) is 132 cm³/mol. The highest BCUT2D eigenvalue weighted by molar-refractivity contribution is 5.94. The predicted octanol–water partition coefficient (Wildman–Crippen LogP) is 4.40. The van der Waals surface area contributed by atoms with Gasteiger partial charge in [-0.1, -0.05) is 19.1 Å². The van der Waals surface area contributed by atoms with Crippen LogP contribution in [0.4, 0.5) is 14.5 Å². The highest BCUT2D eigenvalue weighted by Gasteiger charge is 2.24. The molecule has 35 heavy (non-hydrogen) atoms. The molecular formula is C27H35F2N3O3. The van der Waals surface area contributed by atoms with Gasteiger partial charge in [-0.15, -0.1) is 0 Å². The first-order chi connectivity index (χ1) is 16.8. The summed E-state index contributed by atoms with van der Waals surface area (Å²) in [6.07, 6.45) is 1.89. The standard InChI is InChI=1S/C27H35F2N3O3/c1-4-26(33)32-15-7-13-30(3)12-6-14-31(19-21-17-23(28)24(29)18-25(21)32)27(34)16-20-8-10-22(11-9-20)35-5-2/h8-11,17-18H,4-7,12-16,19H2,1-3H3. The van der Waals surface area contributed by atoms with Crippen LogP contribution in [0.3, 0.4) is 0 Å². The van der Waals surface area contributed by atoms with Gasteiger partial charge in [0.05, 0.1) is 18.7 Å². The summed E-state index contributed by atoms with van der Waals surface area (Å²) in [5.74, 6) is -1.53. The van der Waals surface area contributed by atoms with Gasteiger partial charge in [-0.3, -0.25) is 9.59 Å². The van der Waals surface area contributed by atoms with Gasteiger partial charge in [0.25, 0.3) is 0 Å². The van der Waals surface area contributed by atoms with E-state index in [1.54, 1.807) is 11.8 Å². The molecule has 2 aromatic rings. The van der Waals surface area contributed by atoms with E-state index in [0.29, 0.717) is 37.4 Å². The Hall–Kier alpha value is -3.00. The van der Waals surface area contributed by atoms with E-state index in [0.717, 1.165) is 43.0 Å². The summed E-state index contributed by atoms with van der Waals surface area (Å²) in [5, 5.41) is 0. The molecular weight excluding hydrogens is 452 g/mol. The first-order valence-corrected chi connectivity index (χ1v) is 12.3. The number of hydrogen-bond acceptors (Lipinski definition) is 4. The zero-order valence-corrected chi connectivity index (χ0v) is 20.9. The van der Waals surface area contributed by atoms with Crippen LogP contribution in [0, 0.1) is 11.6 Å². The molecule has 0 N–H and O–H groups in total. The van der Waals surface area contributed by atoms with Crippen LogP contribution in [0.25, 0.3) is 0 Å². The molecule has 0 atom stereocenters. The van der Waals surface area contributed by atoms with E-state index in [9.17, 15) is 18.4 Å². The molecule has 0 radical (unpaired) electrons. The molecule has 8 heteroatoms. The molecule has 1 aliphatic heterocycles. The third-order valence-corrected chi connectivity index (χ3v) is 6.21. The van der Waals surface area contributed by atoms with Gasteiger partial charge in [0.2, 0.25) is 11.8 Å². The summed E-state index contributed by atoms with van der Waals surface area (Å²) >= 11 is 0. The number of rotatable bonds is 5. The van der Waals surface area contributed by atoms with Crippen LogP contribution in [0.2, 0.25) is 0 Å². The Labute approximate surface area is 206 Å². The maximum absolute atomic E-state index is 14.3. The molecule has 0 spiro atoms. The normalized spacial score (nSPS) is 15.7. The third-order valence-electron chi connectivity index (χ3n) is 6.21. The second kappa shape index (κ2) is 12.6. The van der Waals surface area contributed by atoms with Crippen molar-refractivity contribution >= 4 is 17.5 Å². The number of halogens is 2. The number of anilines is 1. The van der Waals surface area contributed by atoms with Crippen molar-refractivity contribution in [2.45, 2.75) is 46.1 Å². The van der Waals surface area contributed by atoms with Crippen molar-refractivity contribution in [2.24, 2.45) is 0 Å². The summed E-state index contributed by atoms with van der Waals surface area (Å²) in [5.41, 5.74) is 1.60. The van der Waals surface area contributed by atoms with Crippen LogP contribution in [0.1, 0.15) is 44.2 Å². The highest BCUT2D eigenvalue weighted by atomic mass is 19.2. The van der Waals surface area contributed by atoms with Gasteiger partial charge >= 0.3 is 0 Å². The van der Waals surface area contributed by atoms with Gasteiger partial charge in [-0.25, -0.2) is 8.78 Å². The van der Waals surface area contributed by atoms with Crippen LogP contribution in [0.15, 0.2) is 36.4 Å². The lowest BCUT2D eigenvalue weighted by Crippen LogP contribution is -2.38. The van der Waals surface area contributed by atoms with Gasteiger partial charge in [-0.05, 0) is 69.2 Å². The Kier molecular flexibility index (Phi) is 9.60. The van der Waals surface area contributed by atoms with Crippen molar-refractivity contribution in [3.05, 3.63) is 59.2 Å². The molecule has 6 nitrogen and oxygen atoms in total. The molecule has 3 rings (SSSR count). The fraction of sp³-hybridized carbons (Fsp3) is 0.481. The van der Waals surface area contributed by atoms with E-state index < -0.39 is 11.6 Å². The van der Waals surface area contributed by atoms with Gasteiger partial charge in [0, 0.05) is 32.1 Å². The molecule has 0 fully saturated rings. The number of benzene rings is 2. The van der Waals surface area contributed by atoms with Crippen LogP contribution < -0.4 is 9.64 Å². The topological polar surface area (TPSA) is 53.1 Å². The summed E-state index contributed by atoms with van der Waals surface area (Å²) in [4.78, 5) is 31.5. The summed E-state index contributed by atoms with van der Waals surface area (Å²) in [6.45, 7) is 6.74. The van der Waals surface area contributed by atoms with E-state index in [-0.39, 0.29) is 31.2 Å². The quantitative estimate of drug-likeness (QED) is 0.627. The number of nitrogens with zero attached hydrogens (tertiary/aromatic N) is 3. The zero-order valence-electron chi connectivity index (χ0n) is 20.9. The van der Waals surface area contributed by atoms with E-state index in [2.05, 4.69) is 4.90 Å². The van der Waals surface area contributed by atoms with Crippen molar-refractivity contribution in [1.82, 2.24) is 9.80 Å². The number of fused-ring (bicyclic) bond motifs is 1. The monoisotopic (exact) mass is 487 g/mol. The van der Waals surface area contributed by atoms with Crippen LogP contribution in [-0.4, -0.2) is 61.4 Å². The van der Waals surface area contributed by atoms with Crippen LogP contribution in [0.5, 0.6) is 5.75 Å². The Morgan fingerprint density at radius 2 is 1.57 bits per heavy atom. The second-order valence-electron chi connectivity index (χ2n) is 8.87. The Morgan fingerprint density at radius 1 is 0.914 bits per heavy atom. The molecule has 2 amide bonds. The van der Waals surface area contributed by atoms with Gasteiger partial charge in [-0.2, -0.15) is 0 Å². The maximum atomic E-state index is 14.3. The lowest BCUT2D eigenvalue weighted by atomic mass is 10.1. The van der Waals surface area contributed by atoms with E-state index in [1.165, 1.54) is 4.90 Å². The van der Waals surface area contributed by atoms with Crippen molar-refractivity contribution in [3.63, 3.8) is 0 Å². The van der Waals surface area contributed by atoms with Gasteiger partial charge < -0.3 is 19.4 Å². The smallest absolute Gasteiger partial charge is 0.227 e. The largest absolute Gasteiger partial charge is 0.494 e. The van der Waals surface area contributed by atoms with Crippen molar-refractivity contribution in [2.75, 3.05) is 44.7 Å². The third kappa shape index (κ3) is 7.24. The average Bonchev–Trinajstić information content (AvgIpc) is 2.83. The SMILES string of the molecule is CCOc1ccc(CC(=O)N2CCCN(C)CCCN(C(=O)CC)c3cc(F)c(F)cc3C2)cc1. The molecule has 2 aromatic carbocycles. The summed E-state index contributed by atoms with van der Waals surface area (Å²) in [7, 11) is 2.01. The van der Waals surface area contributed by atoms with Crippen molar-refractivity contribution < 1.29 is 23.1 Å². The van der Waals surface area contributed by atoms with Gasteiger partial charge in [0.15, 0.2) is 11.6 Å². The fourth-order valence-corrected chi connectivity index (χ4v) is 4.32. The fourth-order valence-electron chi connectivity index (χ4n) is 4.32. The molecule has 1 aliphatic rings. The van der Waals surface area contributed by atoms with Crippen molar-refractivity contribution in [1.29, 1.82) is 0 Å². The van der Waals surface area contributed by atoms with Crippen molar-refractivity contribution in [3.8, 4) is 5.75 Å². The number of hydrogen-bond donors (Lipinski definition) is 0. The minimum atomic E-state index is -1.01. The highest BCUT2D eigenvalue weighted by Crippen LogP contribution is 2.27. The number of amides is 2. The lowest BCUT2D eigenvalue weighted by Gasteiger charge is -2.31. The molecule has 0 aliphatic carbocycles. The summed E-state index contributed by atoms with van der Waals surface area (Å²) in [6, 6.07) is 9.59. The minimum absolute atomic E-state index is 0.0968. The first-order valence-electron chi connectivity index (χ1n) is 12.3. The summed E-state index contributed by atoms with van der Waals surface area (Å²) < 4.78 is 34.1. The van der Waals surface area contributed by atoms with E-state index >= 15 is 0 Å². The molecule has 0 unspecified atom stereocenters. The number of ether oxygens (including phenoxy) is 1. The molecule has 0 bridgehead atoms. The number of carbonyl (C=O) groups excluding carboxylic acids is 2. The van der Waals surface area contributed by atoms with E-state index in [1.807, 2.05) is 38.2 Å². The molecule has 190 valence electrons. The molecule has 0 saturated carbocycles. The zero-order chi connectivity index (χ0) is 25.4. The second-order valence-corrected chi connectivity index (χ2v) is 8.87. The minimum Gasteiger partial charge on any atom is -0.494 e. The Morgan fingerprint density at radius 3 is 2.23 bits per heavy atom. The average molecular weight is 488 g/mol. The van der Waals surface area contributed by atoms with Crippen LogP contribution in [-0.2, 0) is 22.6 Å². The Balaban J connectivity index is 1.92. The first kappa shape index (κ1) is 26.6.